The van der Waals surface area contributed by atoms with Crippen LogP contribution in [0, 0.1) is 0 Å². The third-order valence-electron chi connectivity index (χ3n) is 3.52. The molecule has 2 aliphatic heterocycles. The molecule has 0 aromatic heterocycles. The highest BCUT2D eigenvalue weighted by Crippen LogP contribution is 2.32. The number of rotatable bonds is 3. The normalized spacial score (nSPS) is 22.3. The first kappa shape index (κ1) is 12.3. The lowest BCUT2D eigenvalue weighted by atomic mass is 10.1. The second kappa shape index (κ2) is 5.09. The molecule has 0 unspecified atom stereocenters. The maximum Gasteiger partial charge on any atom is 0.251 e. The van der Waals surface area contributed by atoms with Crippen molar-refractivity contribution in [2.45, 2.75) is 31.9 Å². The van der Waals surface area contributed by atoms with Crippen molar-refractivity contribution in [1.82, 2.24) is 5.32 Å². The van der Waals surface area contributed by atoms with Gasteiger partial charge >= 0.3 is 0 Å². The van der Waals surface area contributed by atoms with E-state index in [0.717, 1.165) is 19.4 Å². The van der Waals surface area contributed by atoms with Crippen molar-refractivity contribution in [2.24, 2.45) is 0 Å². The van der Waals surface area contributed by atoms with E-state index < -0.39 is 0 Å². The molecular formula is C14H17NO4. The van der Waals surface area contributed by atoms with Crippen molar-refractivity contribution in [1.29, 1.82) is 0 Å². The van der Waals surface area contributed by atoms with Crippen molar-refractivity contribution in [3.8, 4) is 11.5 Å². The fourth-order valence-corrected chi connectivity index (χ4v) is 2.42. The molecule has 2 atom stereocenters. The van der Waals surface area contributed by atoms with Crippen LogP contribution < -0.4 is 14.8 Å². The van der Waals surface area contributed by atoms with E-state index in [1.807, 2.05) is 6.92 Å². The average Bonchev–Trinajstić information content (AvgIpc) is 3.09. The minimum Gasteiger partial charge on any atom is -0.454 e. The first-order valence-corrected chi connectivity index (χ1v) is 6.56. The molecule has 1 aromatic carbocycles. The second-order valence-corrected chi connectivity index (χ2v) is 4.88. The molecule has 102 valence electrons. The van der Waals surface area contributed by atoms with Gasteiger partial charge in [0.15, 0.2) is 11.5 Å². The van der Waals surface area contributed by atoms with Crippen molar-refractivity contribution < 1.29 is 19.0 Å². The predicted octanol–water partition coefficient (Wildman–Crippen LogP) is 1.71. The van der Waals surface area contributed by atoms with Gasteiger partial charge in [-0.1, -0.05) is 0 Å². The van der Waals surface area contributed by atoms with Gasteiger partial charge in [0.2, 0.25) is 6.79 Å². The zero-order valence-electron chi connectivity index (χ0n) is 10.8. The summed E-state index contributed by atoms with van der Waals surface area (Å²) >= 11 is 0. The number of carbonyl (C=O) groups is 1. The molecule has 0 aliphatic carbocycles. The standard InChI is InChI=1S/C14H17NO4/c1-9(11-3-2-6-17-11)15-14(16)10-4-5-12-13(7-10)19-8-18-12/h4-5,7,9,11H,2-3,6,8H2,1H3,(H,15,16)/t9-,11-/m0/s1. The van der Waals surface area contributed by atoms with Gasteiger partial charge in [0.05, 0.1) is 12.1 Å². The van der Waals surface area contributed by atoms with E-state index in [4.69, 9.17) is 14.2 Å². The van der Waals surface area contributed by atoms with E-state index in [2.05, 4.69) is 5.32 Å². The van der Waals surface area contributed by atoms with Crippen LogP contribution in [0.15, 0.2) is 18.2 Å². The molecule has 1 N–H and O–H groups in total. The quantitative estimate of drug-likeness (QED) is 0.902. The van der Waals surface area contributed by atoms with Crippen LogP contribution in [0.4, 0.5) is 0 Å². The van der Waals surface area contributed by atoms with Crippen molar-refractivity contribution in [3.05, 3.63) is 23.8 Å². The molecule has 0 radical (unpaired) electrons. The average molecular weight is 263 g/mol. The Morgan fingerprint density at radius 3 is 3.00 bits per heavy atom. The third-order valence-corrected chi connectivity index (χ3v) is 3.52. The van der Waals surface area contributed by atoms with Gasteiger partial charge in [0.25, 0.3) is 5.91 Å². The summed E-state index contributed by atoms with van der Waals surface area (Å²) in [6, 6.07) is 5.22. The highest BCUT2D eigenvalue weighted by molar-refractivity contribution is 5.95. The van der Waals surface area contributed by atoms with Crippen molar-refractivity contribution in [3.63, 3.8) is 0 Å². The number of fused-ring (bicyclic) bond motifs is 1. The monoisotopic (exact) mass is 263 g/mol. The predicted molar refractivity (Wildman–Crippen MR) is 68.5 cm³/mol. The van der Waals surface area contributed by atoms with E-state index >= 15 is 0 Å². The molecule has 1 fully saturated rings. The van der Waals surface area contributed by atoms with Crippen LogP contribution in [0.2, 0.25) is 0 Å². The summed E-state index contributed by atoms with van der Waals surface area (Å²) in [6.45, 7) is 2.97. The number of hydrogen-bond acceptors (Lipinski definition) is 4. The third kappa shape index (κ3) is 2.51. The van der Waals surface area contributed by atoms with Crippen LogP contribution in [0.25, 0.3) is 0 Å². The maximum atomic E-state index is 12.1. The highest BCUT2D eigenvalue weighted by Gasteiger charge is 2.24. The lowest BCUT2D eigenvalue weighted by molar-refractivity contribution is 0.0712. The van der Waals surface area contributed by atoms with Gasteiger partial charge in [-0.15, -0.1) is 0 Å². The zero-order chi connectivity index (χ0) is 13.2. The van der Waals surface area contributed by atoms with Crippen LogP contribution in [-0.2, 0) is 4.74 Å². The smallest absolute Gasteiger partial charge is 0.251 e. The number of nitrogens with one attached hydrogen (secondary N) is 1. The Morgan fingerprint density at radius 1 is 1.37 bits per heavy atom. The Hall–Kier alpha value is -1.75. The van der Waals surface area contributed by atoms with Gasteiger partial charge in [0.1, 0.15) is 0 Å². The summed E-state index contributed by atoms with van der Waals surface area (Å²) < 4.78 is 16.1. The highest BCUT2D eigenvalue weighted by atomic mass is 16.7. The Balaban J connectivity index is 1.66. The summed E-state index contributed by atoms with van der Waals surface area (Å²) in [7, 11) is 0. The molecule has 0 spiro atoms. The van der Waals surface area contributed by atoms with Gasteiger partial charge < -0.3 is 19.5 Å². The molecule has 0 saturated carbocycles. The summed E-state index contributed by atoms with van der Waals surface area (Å²) in [5, 5.41) is 2.97. The van der Waals surface area contributed by atoms with E-state index in [1.165, 1.54) is 0 Å². The van der Waals surface area contributed by atoms with E-state index in [0.29, 0.717) is 17.1 Å². The first-order chi connectivity index (χ1) is 9.24. The fourth-order valence-electron chi connectivity index (χ4n) is 2.42. The minimum absolute atomic E-state index is 0.0143. The fraction of sp³-hybridized carbons (Fsp3) is 0.500. The number of amides is 1. The SMILES string of the molecule is C[C@H](NC(=O)c1ccc2c(c1)OCO2)[C@@H]1CCCO1. The number of ether oxygens (including phenoxy) is 3. The number of carbonyl (C=O) groups excluding carboxylic acids is 1. The molecule has 1 saturated heterocycles. The lowest BCUT2D eigenvalue weighted by Crippen LogP contribution is -2.40. The van der Waals surface area contributed by atoms with Crippen LogP contribution >= 0.6 is 0 Å². The van der Waals surface area contributed by atoms with Crippen LogP contribution in [-0.4, -0.2) is 31.5 Å². The molecule has 5 nitrogen and oxygen atoms in total. The van der Waals surface area contributed by atoms with E-state index in [-0.39, 0.29) is 24.8 Å². The summed E-state index contributed by atoms with van der Waals surface area (Å²) in [5.74, 6) is 1.20. The summed E-state index contributed by atoms with van der Waals surface area (Å²) in [6.07, 6.45) is 2.19. The molecule has 1 amide bonds. The maximum absolute atomic E-state index is 12.1. The Morgan fingerprint density at radius 2 is 2.21 bits per heavy atom. The van der Waals surface area contributed by atoms with Gasteiger partial charge in [-0.05, 0) is 38.0 Å². The lowest BCUT2D eigenvalue weighted by Gasteiger charge is -2.20. The molecule has 2 heterocycles. The Bertz CT molecular complexity index is 482. The molecule has 3 rings (SSSR count). The largest absolute Gasteiger partial charge is 0.454 e. The van der Waals surface area contributed by atoms with Crippen molar-refractivity contribution in [2.75, 3.05) is 13.4 Å². The summed E-state index contributed by atoms with van der Waals surface area (Å²) in [5.41, 5.74) is 0.578. The molecule has 1 aromatic rings. The van der Waals surface area contributed by atoms with Gasteiger partial charge in [-0.2, -0.15) is 0 Å². The van der Waals surface area contributed by atoms with Crippen LogP contribution in [0.3, 0.4) is 0 Å². The van der Waals surface area contributed by atoms with Crippen molar-refractivity contribution >= 4 is 5.91 Å². The van der Waals surface area contributed by atoms with Crippen LogP contribution in [0.5, 0.6) is 11.5 Å². The minimum atomic E-state index is -0.110. The first-order valence-electron chi connectivity index (χ1n) is 6.56. The van der Waals surface area contributed by atoms with Gasteiger partial charge in [-0.3, -0.25) is 4.79 Å². The molecule has 5 heteroatoms. The molecule has 0 bridgehead atoms. The number of hydrogen-bond donors (Lipinski definition) is 1. The Labute approximate surface area is 111 Å². The summed E-state index contributed by atoms with van der Waals surface area (Å²) in [4.78, 5) is 12.1. The van der Waals surface area contributed by atoms with Crippen LogP contribution in [0.1, 0.15) is 30.1 Å². The zero-order valence-corrected chi connectivity index (χ0v) is 10.8. The molecular weight excluding hydrogens is 246 g/mol. The van der Waals surface area contributed by atoms with Gasteiger partial charge in [-0.25, -0.2) is 0 Å². The number of benzene rings is 1. The molecule has 2 aliphatic rings. The topological polar surface area (TPSA) is 56.8 Å². The van der Waals surface area contributed by atoms with Gasteiger partial charge in [0, 0.05) is 12.2 Å². The second-order valence-electron chi connectivity index (χ2n) is 4.88. The van der Waals surface area contributed by atoms with E-state index in [1.54, 1.807) is 18.2 Å². The Kier molecular flexibility index (Phi) is 3.29. The molecule has 19 heavy (non-hydrogen) atoms. The van der Waals surface area contributed by atoms with E-state index in [9.17, 15) is 4.79 Å².